The van der Waals surface area contributed by atoms with Gasteiger partial charge in [0.05, 0.1) is 0 Å². The first-order chi connectivity index (χ1) is 9.06. The molecule has 0 saturated carbocycles. The summed E-state index contributed by atoms with van der Waals surface area (Å²) in [5.74, 6) is 0.717. The van der Waals surface area contributed by atoms with Gasteiger partial charge in [0, 0.05) is 24.3 Å². The molecule has 0 unspecified atom stereocenters. The number of likely N-dealkylation sites (tertiary alicyclic amines) is 1. The van der Waals surface area contributed by atoms with Crippen LogP contribution in [0.25, 0.3) is 0 Å². The number of carbonyl (C=O) groups is 1. The molecule has 0 aliphatic carbocycles. The third-order valence-corrected chi connectivity index (χ3v) is 3.73. The van der Waals surface area contributed by atoms with Gasteiger partial charge in [-0.3, -0.25) is 0 Å². The number of benzene rings is 1. The highest BCUT2D eigenvalue weighted by molar-refractivity contribution is 7.80. The fourth-order valence-electron chi connectivity index (χ4n) is 2.13. The second kappa shape index (κ2) is 6.02. The van der Waals surface area contributed by atoms with Gasteiger partial charge in [0.15, 0.2) is 0 Å². The Kier molecular flexibility index (Phi) is 4.37. The van der Waals surface area contributed by atoms with E-state index < -0.39 is 0 Å². The van der Waals surface area contributed by atoms with Crippen molar-refractivity contribution in [3.05, 3.63) is 29.8 Å². The Balaban J connectivity index is 1.93. The van der Waals surface area contributed by atoms with Crippen molar-refractivity contribution in [3.63, 3.8) is 0 Å². The molecule has 19 heavy (non-hydrogen) atoms. The molecule has 1 aromatic rings. The summed E-state index contributed by atoms with van der Waals surface area (Å²) in [4.78, 5) is 14.3. The maximum Gasteiger partial charge on any atom is 0.321 e. The van der Waals surface area contributed by atoms with Crippen LogP contribution in [-0.4, -0.2) is 29.0 Å². The van der Waals surface area contributed by atoms with Gasteiger partial charge in [-0.1, -0.05) is 19.1 Å². The van der Waals surface area contributed by atoms with Crippen molar-refractivity contribution in [2.24, 2.45) is 11.7 Å². The number of hydrogen-bond donors (Lipinski definition) is 2. The van der Waals surface area contributed by atoms with E-state index in [-0.39, 0.29) is 6.03 Å². The molecular formula is C14H19N3OS. The SMILES string of the molecule is CC1CCN(C(=O)Nc2ccc(C(N)=S)cc2)CC1. The van der Waals surface area contributed by atoms with Gasteiger partial charge in [0.25, 0.3) is 0 Å². The maximum atomic E-state index is 12.1. The molecule has 1 aliphatic rings. The number of nitrogens with one attached hydrogen (secondary N) is 1. The summed E-state index contributed by atoms with van der Waals surface area (Å²) in [5, 5.41) is 2.90. The van der Waals surface area contributed by atoms with Crippen molar-refractivity contribution in [3.8, 4) is 0 Å². The number of rotatable bonds is 2. The summed E-state index contributed by atoms with van der Waals surface area (Å²) in [6, 6.07) is 7.24. The highest BCUT2D eigenvalue weighted by Gasteiger charge is 2.20. The summed E-state index contributed by atoms with van der Waals surface area (Å²) >= 11 is 4.89. The van der Waals surface area contributed by atoms with E-state index in [0.717, 1.165) is 37.2 Å². The lowest BCUT2D eigenvalue weighted by Crippen LogP contribution is -2.40. The topological polar surface area (TPSA) is 58.4 Å². The number of thiocarbonyl (C=S) groups is 1. The number of anilines is 1. The van der Waals surface area contributed by atoms with E-state index in [4.69, 9.17) is 18.0 Å². The highest BCUT2D eigenvalue weighted by atomic mass is 32.1. The summed E-state index contributed by atoms with van der Waals surface area (Å²) in [7, 11) is 0. The second-order valence-electron chi connectivity index (χ2n) is 5.04. The molecule has 5 heteroatoms. The van der Waals surface area contributed by atoms with Gasteiger partial charge in [-0.2, -0.15) is 0 Å². The minimum absolute atomic E-state index is 0.0324. The summed E-state index contributed by atoms with van der Waals surface area (Å²) in [6.07, 6.45) is 2.15. The first-order valence-electron chi connectivity index (χ1n) is 6.52. The number of nitrogens with zero attached hydrogens (tertiary/aromatic N) is 1. The molecule has 1 aromatic carbocycles. The first-order valence-corrected chi connectivity index (χ1v) is 6.93. The van der Waals surface area contributed by atoms with Crippen LogP contribution < -0.4 is 11.1 Å². The van der Waals surface area contributed by atoms with E-state index in [1.807, 2.05) is 29.2 Å². The fraction of sp³-hybridized carbons (Fsp3) is 0.429. The molecule has 0 spiro atoms. The summed E-state index contributed by atoms with van der Waals surface area (Å²) in [5.41, 5.74) is 7.10. The monoisotopic (exact) mass is 277 g/mol. The molecule has 2 rings (SSSR count). The molecule has 3 N–H and O–H groups in total. The smallest absolute Gasteiger partial charge is 0.321 e. The van der Waals surface area contributed by atoms with Gasteiger partial charge < -0.3 is 16.0 Å². The van der Waals surface area contributed by atoms with E-state index >= 15 is 0 Å². The van der Waals surface area contributed by atoms with Crippen molar-refractivity contribution < 1.29 is 4.79 Å². The van der Waals surface area contributed by atoms with Crippen LogP contribution >= 0.6 is 12.2 Å². The van der Waals surface area contributed by atoms with Crippen LogP contribution in [-0.2, 0) is 0 Å². The Morgan fingerprint density at radius 1 is 1.32 bits per heavy atom. The molecule has 1 heterocycles. The molecule has 4 nitrogen and oxygen atoms in total. The minimum Gasteiger partial charge on any atom is -0.389 e. The van der Waals surface area contributed by atoms with Gasteiger partial charge in [-0.05, 0) is 43.0 Å². The molecule has 102 valence electrons. The van der Waals surface area contributed by atoms with E-state index in [9.17, 15) is 4.79 Å². The number of amides is 2. The highest BCUT2D eigenvalue weighted by Crippen LogP contribution is 2.17. The third-order valence-electron chi connectivity index (χ3n) is 3.49. The maximum absolute atomic E-state index is 12.1. The second-order valence-corrected chi connectivity index (χ2v) is 5.48. The minimum atomic E-state index is -0.0324. The molecule has 0 radical (unpaired) electrons. The zero-order valence-electron chi connectivity index (χ0n) is 11.1. The van der Waals surface area contributed by atoms with Crippen LogP contribution in [0.2, 0.25) is 0 Å². The van der Waals surface area contributed by atoms with Crippen LogP contribution in [0.15, 0.2) is 24.3 Å². The number of hydrogen-bond acceptors (Lipinski definition) is 2. The lowest BCUT2D eigenvalue weighted by atomic mass is 10.00. The Bertz CT molecular complexity index is 464. The molecule has 0 atom stereocenters. The molecule has 0 bridgehead atoms. The normalized spacial score (nSPS) is 16.2. The van der Waals surface area contributed by atoms with Gasteiger partial charge in [0.1, 0.15) is 4.99 Å². The van der Waals surface area contributed by atoms with Crippen LogP contribution in [0, 0.1) is 5.92 Å². The predicted molar refractivity (Wildman–Crippen MR) is 81.3 cm³/mol. The molecule has 1 fully saturated rings. The average Bonchev–Trinajstić information content (AvgIpc) is 2.40. The van der Waals surface area contributed by atoms with Crippen LogP contribution in [0.3, 0.4) is 0 Å². The first kappa shape index (κ1) is 13.8. The Morgan fingerprint density at radius 2 is 1.89 bits per heavy atom. The number of carbonyl (C=O) groups excluding carboxylic acids is 1. The Morgan fingerprint density at radius 3 is 2.42 bits per heavy atom. The predicted octanol–water partition coefficient (Wildman–Crippen LogP) is 2.58. The number of urea groups is 1. The standard InChI is InChI=1S/C14H19N3OS/c1-10-6-8-17(9-7-10)14(18)16-12-4-2-11(3-5-12)13(15)19/h2-5,10H,6-9H2,1H3,(H2,15,19)(H,16,18). The fourth-order valence-corrected chi connectivity index (χ4v) is 2.27. The van der Waals surface area contributed by atoms with Gasteiger partial charge in [-0.15, -0.1) is 0 Å². The van der Waals surface area contributed by atoms with Crippen LogP contribution in [0.5, 0.6) is 0 Å². The molecule has 0 aromatic heterocycles. The van der Waals surface area contributed by atoms with Crippen molar-refractivity contribution >= 4 is 28.9 Å². The number of nitrogens with two attached hydrogens (primary N) is 1. The van der Waals surface area contributed by atoms with Crippen molar-refractivity contribution in [1.82, 2.24) is 4.90 Å². The zero-order chi connectivity index (χ0) is 13.8. The largest absolute Gasteiger partial charge is 0.389 e. The van der Waals surface area contributed by atoms with Crippen molar-refractivity contribution in [1.29, 1.82) is 0 Å². The van der Waals surface area contributed by atoms with Gasteiger partial charge >= 0.3 is 6.03 Å². The van der Waals surface area contributed by atoms with Crippen LogP contribution in [0.4, 0.5) is 10.5 Å². The van der Waals surface area contributed by atoms with E-state index in [2.05, 4.69) is 12.2 Å². The lowest BCUT2D eigenvalue weighted by molar-refractivity contribution is 0.186. The quantitative estimate of drug-likeness (QED) is 0.817. The Labute approximate surface area is 119 Å². The third kappa shape index (κ3) is 3.67. The van der Waals surface area contributed by atoms with Gasteiger partial charge in [-0.25, -0.2) is 4.79 Å². The summed E-state index contributed by atoms with van der Waals surface area (Å²) in [6.45, 7) is 3.89. The molecule has 1 saturated heterocycles. The lowest BCUT2D eigenvalue weighted by Gasteiger charge is -2.30. The van der Waals surface area contributed by atoms with E-state index in [1.54, 1.807) is 0 Å². The number of piperidine rings is 1. The van der Waals surface area contributed by atoms with Gasteiger partial charge in [0.2, 0.25) is 0 Å². The van der Waals surface area contributed by atoms with E-state index in [1.165, 1.54) is 0 Å². The average molecular weight is 277 g/mol. The summed E-state index contributed by atoms with van der Waals surface area (Å²) < 4.78 is 0. The zero-order valence-corrected chi connectivity index (χ0v) is 11.9. The molecular weight excluding hydrogens is 258 g/mol. The van der Waals surface area contributed by atoms with Crippen LogP contribution in [0.1, 0.15) is 25.3 Å². The van der Waals surface area contributed by atoms with E-state index in [0.29, 0.717) is 10.9 Å². The van der Waals surface area contributed by atoms with Crippen molar-refractivity contribution in [2.75, 3.05) is 18.4 Å². The Hall–Kier alpha value is -1.62. The molecule has 2 amide bonds. The van der Waals surface area contributed by atoms with Crippen molar-refractivity contribution in [2.45, 2.75) is 19.8 Å². The molecule has 1 aliphatic heterocycles.